The Morgan fingerprint density at radius 1 is 1.26 bits per heavy atom. The van der Waals surface area contributed by atoms with Crippen molar-refractivity contribution in [2.45, 2.75) is 12.8 Å². The van der Waals surface area contributed by atoms with Gasteiger partial charge in [0, 0.05) is 5.92 Å². The Hall–Kier alpha value is -1.26. The first-order valence-corrected chi connectivity index (χ1v) is 6.52. The summed E-state index contributed by atoms with van der Waals surface area (Å²) in [5.74, 6) is 1.17. The van der Waals surface area contributed by atoms with Crippen LogP contribution in [0.1, 0.15) is 12.8 Å². The van der Waals surface area contributed by atoms with Gasteiger partial charge in [0.2, 0.25) is 5.91 Å². The van der Waals surface area contributed by atoms with Gasteiger partial charge in [0.25, 0.3) is 0 Å². The number of hydrogen-bond acceptors (Lipinski definition) is 3. The highest BCUT2D eigenvalue weighted by molar-refractivity contribution is 5.85. The standard InChI is InChI=1S/C14H20N2O2.ClH/c17-14(12-6-8-15-9-7-12)16-10-11-18-13-4-2-1-3-5-13;/h1-5,12,15H,6-11H2,(H,16,17);1H. The summed E-state index contributed by atoms with van der Waals surface area (Å²) in [4.78, 5) is 11.8. The van der Waals surface area contributed by atoms with Crippen LogP contribution in [0, 0.1) is 5.92 Å². The molecule has 2 N–H and O–H groups in total. The van der Waals surface area contributed by atoms with Crippen LogP contribution in [0.3, 0.4) is 0 Å². The molecule has 0 radical (unpaired) electrons. The Labute approximate surface area is 120 Å². The van der Waals surface area contributed by atoms with E-state index in [4.69, 9.17) is 4.74 Å². The maximum absolute atomic E-state index is 11.8. The zero-order valence-corrected chi connectivity index (χ0v) is 11.7. The van der Waals surface area contributed by atoms with Crippen molar-refractivity contribution in [3.8, 4) is 5.75 Å². The van der Waals surface area contributed by atoms with Crippen molar-refractivity contribution < 1.29 is 9.53 Å². The third-order valence-corrected chi connectivity index (χ3v) is 3.12. The average Bonchev–Trinajstić information content (AvgIpc) is 2.45. The van der Waals surface area contributed by atoms with Gasteiger partial charge < -0.3 is 15.4 Å². The van der Waals surface area contributed by atoms with Crippen LogP contribution in [-0.2, 0) is 4.79 Å². The fourth-order valence-electron chi connectivity index (χ4n) is 2.09. The zero-order valence-electron chi connectivity index (χ0n) is 10.9. The van der Waals surface area contributed by atoms with Gasteiger partial charge in [-0.15, -0.1) is 12.4 Å². The van der Waals surface area contributed by atoms with E-state index in [0.717, 1.165) is 31.7 Å². The molecule has 1 aliphatic heterocycles. The van der Waals surface area contributed by atoms with E-state index in [1.807, 2.05) is 30.3 Å². The normalized spacial score (nSPS) is 15.4. The molecule has 2 rings (SSSR count). The predicted octanol–water partition coefficient (Wildman–Crippen LogP) is 1.60. The highest BCUT2D eigenvalue weighted by Gasteiger charge is 2.19. The molecule has 0 unspecified atom stereocenters. The number of rotatable bonds is 5. The summed E-state index contributed by atoms with van der Waals surface area (Å²) in [6.45, 7) is 2.97. The van der Waals surface area contributed by atoms with Crippen molar-refractivity contribution >= 4 is 18.3 Å². The van der Waals surface area contributed by atoms with E-state index in [1.165, 1.54) is 0 Å². The maximum atomic E-state index is 11.8. The zero-order chi connectivity index (χ0) is 12.6. The van der Waals surface area contributed by atoms with Gasteiger partial charge in [-0.05, 0) is 38.1 Å². The van der Waals surface area contributed by atoms with Crippen molar-refractivity contribution in [2.24, 2.45) is 5.92 Å². The molecule has 0 aliphatic carbocycles. The van der Waals surface area contributed by atoms with Crippen LogP contribution in [-0.4, -0.2) is 32.1 Å². The van der Waals surface area contributed by atoms with Crippen molar-refractivity contribution in [3.05, 3.63) is 30.3 Å². The first-order chi connectivity index (χ1) is 8.86. The first kappa shape index (κ1) is 15.8. The van der Waals surface area contributed by atoms with Crippen LogP contribution in [0.4, 0.5) is 0 Å². The minimum Gasteiger partial charge on any atom is -0.492 e. The van der Waals surface area contributed by atoms with Gasteiger partial charge in [0.15, 0.2) is 0 Å². The summed E-state index contributed by atoms with van der Waals surface area (Å²) in [5.41, 5.74) is 0. The van der Waals surface area contributed by atoms with Gasteiger partial charge in [0.05, 0.1) is 6.54 Å². The third kappa shape index (κ3) is 5.49. The average molecular weight is 285 g/mol. The molecule has 106 valence electrons. The van der Waals surface area contributed by atoms with E-state index in [2.05, 4.69) is 10.6 Å². The number of ether oxygens (including phenoxy) is 1. The summed E-state index contributed by atoms with van der Waals surface area (Å²) < 4.78 is 5.52. The molecule has 19 heavy (non-hydrogen) atoms. The lowest BCUT2D eigenvalue weighted by Crippen LogP contribution is -2.39. The number of hydrogen-bond donors (Lipinski definition) is 2. The number of halogens is 1. The Morgan fingerprint density at radius 2 is 1.95 bits per heavy atom. The number of benzene rings is 1. The van der Waals surface area contributed by atoms with Gasteiger partial charge in [-0.3, -0.25) is 4.79 Å². The highest BCUT2D eigenvalue weighted by Crippen LogP contribution is 2.11. The van der Waals surface area contributed by atoms with Gasteiger partial charge in [-0.1, -0.05) is 18.2 Å². The van der Waals surface area contributed by atoms with Gasteiger partial charge >= 0.3 is 0 Å². The molecule has 1 heterocycles. The second kappa shape index (κ2) is 8.77. The fraction of sp³-hybridized carbons (Fsp3) is 0.500. The predicted molar refractivity (Wildman–Crippen MR) is 77.8 cm³/mol. The number of piperidine rings is 1. The Balaban J connectivity index is 0.00000180. The molecule has 1 aromatic carbocycles. The molecular weight excluding hydrogens is 264 g/mol. The van der Waals surface area contributed by atoms with E-state index in [9.17, 15) is 4.79 Å². The largest absolute Gasteiger partial charge is 0.492 e. The van der Waals surface area contributed by atoms with E-state index in [0.29, 0.717) is 13.2 Å². The summed E-state index contributed by atoms with van der Waals surface area (Å²) in [6.07, 6.45) is 1.87. The molecule has 0 spiro atoms. The Morgan fingerprint density at radius 3 is 2.63 bits per heavy atom. The molecule has 0 aromatic heterocycles. The molecule has 0 atom stereocenters. The second-order valence-electron chi connectivity index (χ2n) is 4.48. The number of para-hydroxylation sites is 1. The fourth-order valence-corrected chi connectivity index (χ4v) is 2.09. The number of carbonyl (C=O) groups excluding carboxylic acids is 1. The van der Waals surface area contributed by atoms with E-state index in [-0.39, 0.29) is 24.2 Å². The molecule has 1 aromatic rings. The summed E-state index contributed by atoms with van der Waals surface area (Å²) in [5, 5.41) is 6.18. The van der Waals surface area contributed by atoms with Crippen molar-refractivity contribution in [1.82, 2.24) is 10.6 Å². The van der Waals surface area contributed by atoms with Crippen LogP contribution in [0.15, 0.2) is 30.3 Å². The van der Waals surface area contributed by atoms with Gasteiger partial charge in [-0.25, -0.2) is 0 Å². The molecule has 1 fully saturated rings. The molecule has 0 saturated carbocycles. The topological polar surface area (TPSA) is 50.4 Å². The number of carbonyl (C=O) groups is 1. The monoisotopic (exact) mass is 284 g/mol. The molecule has 5 heteroatoms. The number of nitrogens with one attached hydrogen (secondary N) is 2. The lowest BCUT2D eigenvalue weighted by molar-refractivity contribution is -0.125. The van der Waals surface area contributed by atoms with E-state index >= 15 is 0 Å². The maximum Gasteiger partial charge on any atom is 0.223 e. The van der Waals surface area contributed by atoms with Crippen LogP contribution in [0.25, 0.3) is 0 Å². The minimum atomic E-state index is 0. The Bertz CT molecular complexity index is 367. The molecule has 1 amide bonds. The second-order valence-corrected chi connectivity index (χ2v) is 4.48. The Kier molecular flexibility index (Phi) is 7.30. The highest BCUT2D eigenvalue weighted by atomic mass is 35.5. The van der Waals surface area contributed by atoms with Crippen molar-refractivity contribution in [1.29, 1.82) is 0 Å². The van der Waals surface area contributed by atoms with Crippen LogP contribution >= 0.6 is 12.4 Å². The lowest BCUT2D eigenvalue weighted by atomic mass is 9.97. The summed E-state index contributed by atoms with van der Waals surface area (Å²) in [7, 11) is 0. The molecule has 0 bridgehead atoms. The summed E-state index contributed by atoms with van der Waals surface area (Å²) in [6, 6.07) is 9.64. The minimum absolute atomic E-state index is 0. The third-order valence-electron chi connectivity index (χ3n) is 3.12. The van der Waals surface area contributed by atoms with E-state index in [1.54, 1.807) is 0 Å². The first-order valence-electron chi connectivity index (χ1n) is 6.52. The molecule has 4 nitrogen and oxygen atoms in total. The molecule has 1 aliphatic rings. The lowest BCUT2D eigenvalue weighted by Gasteiger charge is -2.21. The molecular formula is C14H21ClN2O2. The van der Waals surface area contributed by atoms with Gasteiger partial charge in [-0.2, -0.15) is 0 Å². The smallest absolute Gasteiger partial charge is 0.223 e. The molecule has 1 saturated heterocycles. The SMILES string of the molecule is Cl.O=C(NCCOc1ccccc1)C1CCNCC1. The van der Waals surface area contributed by atoms with Crippen LogP contribution < -0.4 is 15.4 Å². The van der Waals surface area contributed by atoms with Crippen LogP contribution in [0.2, 0.25) is 0 Å². The van der Waals surface area contributed by atoms with E-state index < -0.39 is 0 Å². The summed E-state index contributed by atoms with van der Waals surface area (Å²) >= 11 is 0. The van der Waals surface area contributed by atoms with Gasteiger partial charge in [0.1, 0.15) is 12.4 Å². The number of amides is 1. The van der Waals surface area contributed by atoms with Crippen LogP contribution in [0.5, 0.6) is 5.75 Å². The quantitative estimate of drug-likeness (QED) is 0.808. The van der Waals surface area contributed by atoms with Crippen molar-refractivity contribution in [2.75, 3.05) is 26.2 Å². The van der Waals surface area contributed by atoms with Crippen molar-refractivity contribution in [3.63, 3.8) is 0 Å².